The highest BCUT2D eigenvalue weighted by atomic mass is 16.5. The average Bonchev–Trinajstić information content (AvgIpc) is 2.75. The third-order valence-corrected chi connectivity index (χ3v) is 2.75. The lowest BCUT2D eigenvalue weighted by molar-refractivity contribution is -0.117. The molecule has 2 N–H and O–H groups in total. The first kappa shape index (κ1) is 12.5. The van der Waals surface area contributed by atoms with Gasteiger partial charge in [-0.3, -0.25) is 9.69 Å². The molecule has 1 amide bonds. The molecule has 2 rings (SSSR count). The molecule has 0 aliphatic carbocycles. The monoisotopic (exact) mass is 249 g/mol. The van der Waals surface area contributed by atoms with E-state index in [9.17, 15) is 4.79 Å². The third-order valence-electron chi connectivity index (χ3n) is 2.75. The SMILES string of the molecule is Cc1cc(NC(=O)CN2CCNCC2C#N)no1. The van der Waals surface area contributed by atoms with Crippen molar-refractivity contribution >= 4 is 11.7 Å². The summed E-state index contributed by atoms with van der Waals surface area (Å²) in [6.45, 7) is 4.00. The zero-order valence-corrected chi connectivity index (χ0v) is 10.1. The highest BCUT2D eigenvalue weighted by molar-refractivity contribution is 5.91. The summed E-state index contributed by atoms with van der Waals surface area (Å²) in [7, 11) is 0. The molecule has 1 atom stereocenters. The summed E-state index contributed by atoms with van der Waals surface area (Å²) in [5.41, 5.74) is 0. The van der Waals surface area contributed by atoms with Gasteiger partial charge in [-0.2, -0.15) is 5.26 Å². The Morgan fingerprint density at radius 1 is 1.83 bits per heavy atom. The lowest BCUT2D eigenvalue weighted by Crippen LogP contribution is -2.52. The zero-order valence-electron chi connectivity index (χ0n) is 10.1. The molecule has 0 spiro atoms. The number of rotatable bonds is 3. The molecule has 7 nitrogen and oxygen atoms in total. The van der Waals surface area contributed by atoms with E-state index in [1.54, 1.807) is 13.0 Å². The van der Waals surface area contributed by atoms with Gasteiger partial charge in [0.25, 0.3) is 0 Å². The summed E-state index contributed by atoms with van der Waals surface area (Å²) in [5, 5.41) is 18.4. The first-order chi connectivity index (χ1) is 8.69. The van der Waals surface area contributed by atoms with Crippen LogP contribution in [0.3, 0.4) is 0 Å². The fraction of sp³-hybridized carbons (Fsp3) is 0.545. The second kappa shape index (κ2) is 5.62. The van der Waals surface area contributed by atoms with Crippen molar-refractivity contribution in [3.05, 3.63) is 11.8 Å². The molecule has 1 aromatic heterocycles. The van der Waals surface area contributed by atoms with E-state index in [4.69, 9.17) is 9.78 Å². The fourth-order valence-corrected chi connectivity index (χ4v) is 1.86. The quantitative estimate of drug-likeness (QED) is 0.765. The van der Waals surface area contributed by atoms with Crippen LogP contribution in [0, 0.1) is 18.3 Å². The predicted octanol–water partition coefficient (Wildman–Crippen LogP) is -0.281. The van der Waals surface area contributed by atoms with Crippen LogP contribution >= 0.6 is 0 Å². The Labute approximate surface area is 105 Å². The molecular formula is C11H15N5O2. The van der Waals surface area contributed by atoms with Crippen molar-refractivity contribution in [1.82, 2.24) is 15.4 Å². The normalized spacial score (nSPS) is 20.3. The molecule has 96 valence electrons. The van der Waals surface area contributed by atoms with Crippen LogP contribution in [0.25, 0.3) is 0 Å². The molecule has 0 aromatic carbocycles. The molecule has 0 radical (unpaired) electrons. The molecule has 1 aliphatic rings. The first-order valence-electron chi connectivity index (χ1n) is 5.76. The van der Waals surface area contributed by atoms with Crippen LogP contribution in [0.4, 0.5) is 5.82 Å². The van der Waals surface area contributed by atoms with Crippen molar-refractivity contribution in [2.24, 2.45) is 0 Å². The minimum atomic E-state index is -0.261. The highest BCUT2D eigenvalue weighted by Gasteiger charge is 2.23. The number of anilines is 1. The molecule has 0 bridgehead atoms. The van der Waals surface area contributed by atoms with Crippen LogP contribution in [-0.2, 0) is 4.79 Å². The van der Waals surface area contributed by atoms with E-state index in [0.717, 1.165) is 6.54 Å². The van der Waals surface area contributed by atoms with Gasteiger partial charge in [0.2, 0.25) is 5.91 Å². The highest BCUT2D eigenvalue weighted by Crippen LogP contribution is 2.08. The first-order valence-corrected chi connectivity index (χ1v) is 5.76. The summed E-state index contributed by atoms with van der Waals surface area (Å²) >= 11 is 0. The van der Waals surface area contributed by atoms with Crippen LogP contribution < -0.4 is 10.6 Å². The zero-order chi connectivity index (χ0) is 13.0. The maximum Gasteiger partial charge on any atom is 0.239 e. The average molecular weight is 249 g/mol. The van der Waals surface area contributed by atoms with E-state index in [1.165, 1.54) is 0 Å². The minimum absolute atomic E-state index is 0.186. The maximum absolute atomic E-state index is 11.8. The Hall–Kier alpha value is -1.91. The number of aromatic nitrogens is 1. The number of carbonyl (C=O) groups is 1. The number of nitrogens with one attached hydrogen (secondary N) is 2. The Balaban J connectivity index is 1.88. The van der Waals surface area contributed by atoms with E-state index in [1.807, 2.05) is 4.90 Å². The predicted molar refractivity (Wildman–Crippen MR) is 63.7 cm³/mol. The Morgan fingerprint density at radius 3 is 3.33 bits per heavy atom. The van der Waals surface area contributed by atoms with Crippen LogP contribution in [0.5, 0.6) is 0 Å². The van der Waals surface area contributed by atoms with E-state index >= 15 is 0 Å². The Bertz CT molecular complexity index is 464. The van der Waals surface area contributed by atoms with Gasteiger partial charge < -0.3 is 15.2 Å². The third kappa shape index (κ3) is 3.06. The van der Waals surface area contributed by atoms with Gasteiger partial charge in [-0.25, -0.2) is 0 Å². The molecule has 0 saturated carbocycles. The molecule has 1 fully saturated rings. The molecule has 1 unspecified atom stereocenters. The molecule has 2 heterocycles. The number of nitriles is 1. The van der Waals surface area contributed by atoms with Crippen LogP contribution in [0.1, 0.15) is 5.76 Å². The van der Waals surface area contributed by atoms with Crippen molar-refractivity contribution in [3.63, 3.8) is 0 Å². The van der Waals surface area contributed by atoms with E-state index in [0.29, 0.717) is 24.7 Å². The number of nitrogens with zero attached hydrogens (tertiary/aromatic N) is 3. The topological polar surface area (TPSA) is 94.2 Å². The summed E-state index contributed by atoms with van der Waals surface area (Å²) < 4.78 is 4.86. The minimum Gasteiger partial charge on any atom is -0.360 e. The Kier molecular flexibility index (Phi) is 3.92. The standard InChI is InChI=1S/C11H15N5O2/c1-8-4-10(15-18-8)14-11(17)7-16-3-2-13-6-9(16)5-12/h4,9,13H,2-3,6-7H2,1H3,(H,14,15,17). The van der Waals surface area contributed by atoms with Crippen molar-refractivity contribution < 1.29 is 9.32 Å². The largest absolute Gasteiger partial charge is 0.360 e. The van der Waals surface area contributed by atoms with Gasteiger partial charge in [0, 0.05) is 25.7 Å². The lowest BCUT2D eigenvalue weighted by atomic mass is 10.2. The van der Waals surface area contributed by atoms with Gasteiger partial charge >= 0.3 is 0 Å². The summed E-state index contributed by atoms with van der Waals surface area (Å²) in [6, 6.07) is 3.57. The van der Waals surface area contributed by atoms with Crippen molar-refractivity contribution in [2.75, 3.05) is 31.5 Å². The summed E-state index contributed by atoms with van der Waals surface area (Å²) in [5.74, 6) is 0.856. The molecule has 18 heavy (non-hydrogen) atoms. The van der Waals surface area contributed by atoms with Gasteiger partial charge in [-0.1, -0.05) is 5.16 Å². The molecule has 1 aliphatic heterocycles. The second-order valence-corrected chi connectivity index (χ2v) is 4.19. The number of hydrogen-bond acceptors (Lipinski definition) is 6. The molecule has 1 aromatic rings. The van der Waals surface area contributed by atoms with Crippen LogP contribution in [0.2, 0.25) is 0 Å². The number of piperazine rings is 1. The number of hydrogen-bond donors (Lipinski definition) is 2. The Morgan fingerprint density at radius 2 is 2.67 bits per heavy atom. The number of amides is 1. The smallest absolute Gasteiger partial charge is 0.239 e. The van der Waals surface area contributed by atoms with E-state index in [-0.39, 0.29) is 18.5 Å². The van der Waals surface area contributed by atoms with Gasteiger partial charge in [0.1, 0.15) is 11.8 Å². The number of aryl methyl sites for hydroxylation is 1. The van der Waals surface area contributed by atoms with Gasteiger partial charge in [0.05, 0.1) is 12.6 Å². The second-order valence-electron chi connectivity index (χ2n) is 4.19. The van der Waals surface area contributed by atoms with Crippen LogP contribution in [-0.4, -0.2) is 48.2 Å². The molecule has 1 saturated heterocycles. The van der Waals surface area contributed by atoms with Gasteiger partial charge in [-0.05, 0) is 6.92 Å². The molecular weight excluding hydrogens is 234 g/mol. The van der Waals surface area contributed by atoms with Crippen molar-refractivity contribution in [1.29, 1.82) is 5.26 Å². The van der Waals surface area contributed by atoms with Crippen molar-refractivity contribution in [2.45, 2.75) is 13.0 Å². The van der Waals surface area contributed by atoms with E-state index in [2.05, 4.69) is 21.9 Å². The van der Waals surface area contributed by atoms with Gasteiger partial charge in [-0.15, -0.1) is 0 Å². The molecule has 7 heteroatoms. The van der Waals surface area contributed by atoms with Crippen molar-refractivity contribution in [3.8, 4) is 6.07 Å². The summed E-state index contributed by atoms with van der Waals surface area (Å²) in [6.07, 6.45) is 0. The fourth-order valence-electron chi connectivity index (χ4n) is 1.86. The van der Waals surface area contributed by atoms with Gasteiger partial charge in [0.15, 0.2) is 5.82 Å². The summed E-state index contributed by atoms with van der Waals surface area (Å²) in [4.78, 5) is 13.6. The number of carbonyl (C=O) groups excluding carboxylic acids is 1. The lowest BCUT2D eigenvalue weighted by Gasteiger charge is -2.30. The van der Waals surface area contributed by atoms with Crippen LogP contribution in [0.15, 0.2) is 10.6 Å². The van der Waals surface area contributed by atoms with E-state index < -0.39 is 0 Å². The maximum atomic E-state index is 11.8.